The predicted octanol–water partition coefficient (Wildman–Crippen LogP) is 2.21. The van der Waals surface area contributed by atoms with Crippen LogP contribution in [0.4, 0.5) is 10.1 Å². The number of halogens is 1. The largest absolute Gasteiger partial charge is 0.318 e. The minimum Gasteiger partial charge on any atom is -0.318 e. The van der Waals surface area contributed by atoms with Gasteiger partial charge in [-0.1, -0.05) is 6.07 Å². The molecule has 25 heavy (non-hydrogen) atoms. The van der Waals surface area contributed by atoms with Crippen LogP contribution in [0, 0.1) is 12.7 Å². The van der Waals surface area contributed by atoms with Crippen LogP contribution in [-0.2, 0) is 10.0 Å². The zero-order chi connectivity index (χ0) is 18.0. The molecule has 3 rings (SSSR count). The van der Waals surface area contributed by atoms with Gasteiger partial charge in [-0.25, -0.2) is 4.39 Å². The number of hydrogen-bond acceptors (Lipinski definition) is 5. The average Bonchev–Trinajstić information content (AvgIpc) is 3.07. The maximum absolute atomic E-state index is 13.3. The standard InChI is InChI=1S/C16H13FN4O3S/c1-11-8-13(5-6-14(11)17)25(23,24)21-10-12(9-19-21)20-16(22)15-4-2-3-7-18-15/h2-10H,1H3,(H,20,22). The van der Waals surface area contributed by atoms with Crippen molar-refractivity contribution in [2.45, 2.75) is 11.8 Å². The van der Waals surface area contributed by atoms with Crippen molar-refractivity contribution in [2.24, 2.45) is 0 Å². The van der Waals surface area contributed by atoms with Crippen LogP contribution in [0.3, 0.4) is 0 Å². The SMILES string of the molecule is Cc1cc(S(=O)(=O)n2cc(NC(=O)c3ccccn3)cn2)ccc1F. The van der Waals surface area contributed by atoms with Crippen molar-refractivity contribution in [3.63, 3.8) is 0 Å². The molecule has 0 saturated heterocycles. The normalized spacial score (nSPS) is 11.3. The van der Waals surface area contributed by atoms with Crippen LogP contribution in [0.2, 0.25) is 0 Å². The van der Waals surface area contributed by atoms with Crippen LogP contribution in [0.15, 0.2) is 59.9 Å². The van der Waals surface area contributed by atoms with E-state index in [4.69, 9.17) is 0 Å². The lowest BCUT2D eigenvalue weighted by Crippen LogP contribution is -2.15. The number of aromatic nitrogens is 3. The number of nitrogens with zero attached hydrogens (tertiary/aromatic N) is 3. The number of rotatable bonds is 4. The summed E-state index contributed by atoms with van der Waals surface area (Å²) >= 11 is 0. The van der Waals surface area contributed by atoms with Gasteiger partial charge in [-0.05, 0) is 42.8 Å². The van der Waals surface area contributed by atoms with Crippen molar-refractivity contribution >= 4 is 21.6 Å². The maximum atomic E-state index is 13.3. The summed E-state index contributed by atoms with van der Waals surface area (Å²) in [6.07, 6.45) is 3.84. The van der Waals surface area contributed by atoms with E-state index in [-0.39, 0.29) is 21.8 Å². The van der Waals surface area contributed by atoms with E-state index in [1.54, 1.807) is 12.1 Å². The van der Waals surface area contributed by atoms with Gasteiger partial charge in [0.2, 0.25) is 0 Å². The summed E-state index contributed by atoms with van der Waals surface area (Å²) in [4.78, 5) is 15.8. The molecule has 1 aromatic carbocycles. The molecule has 1 amide bonds. The van der Waals surface area contributed by atoms with Crippen molar-refractivity contribution < 1.29 is 17.6 Å². The molecule has 0 radical (unpaired) electrons. The fourth-order valence-electron chi connectivity index (χ4n) is 2.08. The summed E-state index contributed by atoms with van der Waals surface area (Å²) in [5.41, 5.74) is 0.585. The van der Waals surface area contributed by atoms with Crippen LogP contribution in [-0.4, -0.2) is 28.5 Å². The Labute approximate surface area is 143 Å². The van der Waals surface area contributed by atoms with Gasteiger partial charge >= 0.3 is 0 Å². The third kappa shape index (κ3) is 3.41. The second-order valence-corrected chi connectivity index (χ2v) is 6.98. The molecule has 0 atom stereocenters. The highest BCUT2D eigenvalue weighted by Crippen LogP contribution is 2.18. The van der Waals surface area contributed by atoms with E-state index >= 15 is 0 Å². The first kappa shape index (κ1) is 16.8. The van der Waals surface area contributed by atoms with Crippen molar-refractivity contribution in [2.75, 3.05) is 5.32 Å². The Morgan fingerprint density at radius 3 is 2.72 bits per heavy atom. The molecular weight excluding hydrogens is 347 g/mol. The Balaban J connectivity index is 1.85. The van der Waals surface area contributed by atoms with Crippen LogP contribution in [0.25, 0.3) is 0 Å². The fraction of sp³-hybridized carbons (Fsp3) is 0.0625. The Morgan fingerprint density at radius 2 is 2.04 bits per heavy atom. The van der Waals surface area contributed by atoms with E-state index < -0.39 is 21.7 Å². The van der Waals surface area contributed by atoms with Gasteiger partial charge in [0.1, 0.15) is 11.5 Å². The third-order valence-electron chi connectivity index (χ3n) is 3.39. The Hall–Kier alpha value is -3.07. The number of amides is 1. The van der Waals surface area contributed by atoms with E-state index in [9.17, 15) is 17.6 Å². The van der Waals surface area contributed by atoms with Gasteiger partial charge in [0.25, 0.3) is 15.9 Å². The molecule has 128 valence electrons. The molecule has 0 saturated carbocycles. The van der Waals surface area contributed by atoms with E-state index in [0.717, 1.165) is 18.3 Å². The third-order valence-corrected chi connectivity index (χ3v) is 4.93. The molecule has 2 aromatic heterocycles. The summed E-state index contributed by atoms with van der Waals surface area (Å²) in [6.45, 7) is 1.47. The van der Waals surface area contributed by atoms with Crippen molar-refractivity contribution in [1.29, 1.82) is 0 Å². The van der Waals surface area contributed by atoms with Gasteiger partial charge in [0.15, 0.2) is 0 Å². The lowest BCUT2D eigenvalue weighted by atomic mass is 10.2. The number of benzene rings is 1. The quantitative estimate of drug-likeness (QED) is 0.770. The molecule has 0 unspecified atom stereocenters. The van der Waals surface area contributed by atoms with Crippen molar-refractivity contribution in [1.82, 2.24) is 14.2 Å². The number of anilines is 1. The molecule has 3 aromatic rings. The van der Waals surface area contributed by atoms with Crippen LogP contribution in [0.5, 0.6) is 0 Å². The molecule has 0 aliphatic carbocycles. The summed E-state index contributed by atoms with van der Waals surface area (Å²) < 4.78 is 39.1. The Bertz CT molecular complexity index is 1030. The fourth-order valence-corrected chi connectivity index (χ4v) is 3.28. The second-order valence-electron chi connectivity index (χ2n) is 5.19. The summed E-state index contributed by atoms with van der Waals surface area (Å²) in [7, 11) is -3.99. The van der Waals surface area contributed by atoms with Gasteiger partial charge in [0, 0.05) is 6.20 Å². The molecule has 9 heteroatoms. The van der Waals surface area contributed by atoms with Crippen LogP contribution < -0.4 is 5.32 Å². The molecule has 0 bridgehead atoms. The maximum Gasteiger partial charge on any atom is 0.283 e. The highest BCUT2D eigenvalue weighted by Gasteiger charge is 2.20. The van der Waals surface area contributed by atoms with Crippen molar-refractivity contribution in [3.05, 3.63) is 72.1 Å². The highest BCUT2D eigenvalue weighted by molar-refractivity contribution is 7.89. The first-order valence-electron chi connectivity index (χ1n) is 7.17. The predicted molar refractivity (Wildman–Crippen MR) is 88.1 cm³/mol. The molecule has 2 heterocycles. The van der Waals surface area contributed by atoms with Crippen molar-refractivity contribution in [3.8, 4) is 0 Å². The molecular formula is C16H13FN4O3S. The molecule has 0 fully saturated rings. The van der Waals surface area contributed by atoms with E-state index in [2.05, 4.69) is 15.4 Å². The summed E-state index contributed by atoms with van der Waals surface area (Å²) in [5, 5.41) is 6.28. The average molecular weight is 360 g/mol. The lowest BCUT2D eigenvalue weighted by molar-refractivity contribution is 0.102. The number of carbonyl (C=O) groups is 1. The van der Waals surface area contributed by atoms with E-state index in [1.165, 1.54) is 31.5 Å². The van der Waals surface area contributed by atoms with E-state index in [0.29, 0.717) is 4.09 Å². The monoisotopic (exact) mass is 360 g/mol. The van der Waals surface area contributed by atoms with Gasteiger partial charge in [0.05, 0.1) is 23.0 Å². The summed E-state index contributed by atoms with van der Waals surface area (Å²) in [6, 6.07) is 8.32. The van der Waals surface area contributed by atoms with Gasteiger partial charge in [-0.3, -0.25) is 9.78 Å². The first-order chi connectivity index (χ1) is 11.9. The number of aryl methyl sites for hydroxylation is 1. The minimum absolute atomic E-state index is 0.0999. The topological polar surface area (TPSA) is 94.0 Å². The molecule has 7 nitrogen and oxygen atoms in total. The molecule has 0 aliphatic rings. The number of hydrogen-bond donors (Lipinski definition) is 1. The van der Waals surface area contributed by atoms with Crippen LogP contribution >= 0.6 is 0 Å². The van der Waals surface area contributed by atoms with Gasteiger partial charge in [-0.2, -0.15) is 17.6 Å². The molecule has 0 spiro atoms. The second kappa shape index (κ2) is 6.44. The van der Waals surface area contributed by atoms with Gasteiger partial charge < -0.3 is 5.32 Å². The number of carbonyl (C=O) groups excluding carboxylic acids is 1. The van der Waals surface area contributed by atoms with E-state index in [1.807, 2.05) is 0 Å². The first-order valence-corrected chi connectivity index (χ1v) is 8.61. The number of nitrogens with one attached hydrogen (secondary N) is 1. The summed E-state index contributed by atoms with van der Waals surface area (Å²) in [5.74, 6) is -0.988. The Kier molecular flexibility index (Phi) is 4.32. The minimum atomic E-state index is -3.99. The van der Waals surface area contributed by atoms with Gasteiger partial charge in [-0.15, -0.1) is 0 Å². The smallest absolute Gasteiger partial charge is 0.283 e. The molecule has 1 N–H and O–H groups in total. The zero-order valence-electron chi connectivity index (χ0n) is 13.0. The van der Waals surface area contributed by atoms with Crippen LogP contribution in [0.1, 0.15) is 16.1 Å². The zero-order valence-corrected chi connectivity index (χ0v) is 13.9. The molecule has 0 aliphatic heterocycles. The Morgan fingerprint density at radius 1 is 1.24 bits per heavy atom. The lowest BCUT2D eigenvalue weighted by Gasteiger charge is -2.05. The number of pyridine rings is 1. The highest BCUT2D eigenvalue weighted by atomic mass is 32.2.